The molecular weight excluding hydrogens is 440 g/mol. The van der Waals surface area contributed by atoms with Crippen molar-refractivity contribution < 1.29 is 14.3 Å². The number of carbonyl (C=O) groups excluding carboxylic acids is 2. The zero-order chi connectivity index (χ0) is 24.8. The van der Waals surface area contributed by atoms with Gasteiger partial charge in [0.25, 0.3) is 0 Å². The maximum Gasteiger partial charge on any atom is 0.318 e. The highest BCUT2D eigenvalue weighted by atomic mass is 16.5. The van der Waals surface area contributed by atoms with Crippen molar-refractivity contribution in [1.29, 1.82) is 0 Å². The highest BCUT2D eigenvalue weighted by Crippen LogP contribution is 2.30. The number of ether oxygens (including phenoxy) is 1. The van der Waals surface area contributed by atoms with E-state index in [1.807, 2.05) is 61.2 Å². The van der Waals surface area contributed by atoms with Crippen LogP contribution in [0.5, 0.6) is 5.75 Å². The summed E-state index contributed by atoms with van der Waals surface area (Å²) in [5.41, 5.74) is 2.10. The predicted octanol–water partition coefficient (Wildman–Crippen LogP) is 3.96. The molecule has 3 amide bonds. The van der Waals surface area contributed by atoms with Crippen molar-refractivity contribution in [2.45, 2.75) is 51.2 Å². The van der Waals surface area contributed by atoms with Crippen molar-refractivity contribution in [1.82, 2.24) is 20.4 Å². The summed E-state index contributed by atoms with van der Waals surface area (Å²) in [7, 11) is 1.66. The van der Waals surface area contributed by atoms with E-state index in [1.165, 1.54) is 0 Å². The molecule has 1 spiro atoms. The van der Waals surface area contributed by atoms with Crippen LogP contribution >= 0.6 is 0 Å². The van der Waals surface area contributed by atoms with Gasteiger partial charge in [0, 0.05) is 38.6 Å². The fourth-order valence-electron chi connectivity index (χ4n) is 5.01. The molecule has 0 saturated carbocycles. The highest BCUT2D eigenvalue weighted by molar-refractivity contribution is 5.78. The van der Waals surface area contributed by atoms with Crippen LogP contribution in [0.25, 0.3) is 0 Å². The molecule has 2 saturated heterocycles. The SMILES string of the molecule is COc1ccc(CN2CC3(CCN(CC[C@H](NC(=O)C(C)C)c4ccccc4)CC3)NC2=O)cc1. The van der Waals surface area contributed by atoms with Gasteiger partial charge in [-0.05, 0) is 42.5 Å². The van der Waals surface area contributed by atoms with Crippen LogP contribution in [-0.4, -0.2) is 60.6 Å². The van der Waals surface area contributed by atoms with Crippen molar-refractivity contribution in [3.63, 3.8) is 0 Å². The normalized spacial score (nSPS) is 18.5. The third kappa shape index (κ3) is 6.34. The minimum absolute atomic E-state index is 0.00755. The van der Waals surface area contributed by atoms with Crippen molar-refractivity contribution in [3.8, 4) is 5.75 Å². The molecule has 1 atom stereocenters. The smallest absolute Gasteiger partial charge is 0.318 e. The third-order valence-electron chi connectivity index (χ3n) is 7.28. The second kappa shape index (κ2) is 11.1. The third-order valence-corrected chi connectivity index (χ3v) is 7.28. The zero-order valence-corrected chi connectivity index (χ0v) is 21.1. The van der Waals surface area contributed by atoms with Gasteiger partial charge in [-0.3, -0.25) is 4.79 Å². The van der Waals surface area contributed by atoms with E-state index in [0.717, 1.165) is 62.3 Å². The lowest BCUT2D eigenvalue weighted by molar-refractivity contribution is -0.124. The molecule has 4 rings (SSSR count). The van der Waals surface area contributed by atoms with E-state index in [2.05, 4.69) is 27.7 Å². The molecule has 188 valence electrons. The summed E-state index contributed by atoms with van der Waals surface area (Å²) >= 11 is 0. The van der Waals surface area contributed by atoms with Gasteiger partial charge in [0.15, 0.2) is 0 Å². The second-order valence-electron chi connectivity index (χ2n) is 10.2. The Balaban J connectivity index is 1.29. The lowest BCUT2D eigenvalue weighted by Gasteiger charge is -2.39. The summed E-state index contributed by atoms with van der Waals surface area (Å²) in [6.45, 7) is 7.99. The van der Waals surface area contributed by atoms with E-state index in [1.54, 1.807) is 7.11 Å². The van der Waals surface area contributed by atoms with Crippen molar-refractivity contribution >= 4 is 11.9 Å². The van der Waals surface area contributed by atoms with E-state index in [0.29, 0.717) is 6.54 Å². The number of hydrogen-bond acceptors (Lipinski definition) is 4. The number of benzene rings is 2. The minimum atomic E-state index is -0.148. The largest absolute Gasteiger partial charge is 0.497 e. The molecule has 0 aromatic heterocycles. The zero-order valence-electron chi connectivity index (χ0n) is 21.1. The summed E-state index contributed by atoms with van der Waals surface area (Å²) in [5.74, 6) is 0.867. The van der Waals surface area contributed by atoms with Gasteiger partial charge < -0.3 is 25.2 Å². The molecular formula is C28H38N4O3. The highest BCUT2D eigenvalue weighted by Gasteiger charge is 2.44. The van der Waals surface area contributed by atoms with E-state index in [9.17, 15) is 9.59 Å². The molecule has 0 unspecified atom stereocenters. The summed E-state index contributed by atoms with van der Waals surface area (Å²) in [5, 5.41) is 6.52. The number of methoxy groups -OCH3 is 1. The van der Waals surface area contributed by atoms with Crippen molar-refractivity contribution in [3.05, 3.63) is 65.7 Å². The fraction of sp³-hybridized carbons (Fsp3) is 0.500. The second-order valence-corrected chi connectivity index (χ2v) is 10.2. The Morgan fingerprint density at radius 2 is 1.77 bits per heavy atom. The lowest BCUT2D eigenvalue weighted by atomic mass is 9.88. The molecule has 35 heavy (non-hydrogen) atoms. The molecule has 2 fully saturated rings. The first kappa shape index (κ1) is 25.0. The number of amides is 3. The number of piperidine rings is 1. The minimum Gasteiger partial charge on any atom is -0.497 e. The molecule has 0 aliphatic carbocycles. The maximum atomic E-state index is 12.7. The quantitative estimate of drug-likeness (QED) is 0.572. The van der Waals surface area contributed by atoms with Crippen LogP contribution < -0.4 is 15.4 Å². The number of carbonyl (C=O) groups is 2. The number of likely N-dealkylation sites (tertiary alicyclic amines) is 1. The van der Waals surface area contributed by atoms with Gasteiger partial charge in [-0.2, -0.15) is 0 Å². The molecule has 2 heterocycles. The van der Waals surface area contributed by atoms with Gasteiger partial charge >= 0.3 is 6.03 Å². The van der Waals surface area contributed by atoms with E-state index >= 15 is 0 Å². The summed E-state index contributed by atoms with van der Waals surface area (Å²) in [6, 6.07) is 18.1. The Morgan fingerprint density at radius 1 is 1.09 bits per heavy atom. The predicted molar refractivity (Wildman–Crippen MR) is 137 cm³/mol. The number of hydrogen-bond donors (Lipinski definition) is 2. The van der Waals surface area contributed by atoms with E-state index in [-0.39, 0.29) is 29.4 Å². The molecule has 2 aromatic rings. The molecule has 2 aromatic carbocycles. The Kier molecular flexibility index (Phi) is 7.96. The van der Waals surface area contributed by atoms with Gasteiger partial charge in [-0.1, -0.05) is 56.3 Å². The topological polar surface area (TPSA) is 73.9 Å². The molecule has 2 aliphatic heterocycles. The van der Waals surface area contributed by atoms with Gasteiger partial charge in [0.2, 0.25) is 5.91 Å². The molecule has 7 heteroatoms. The standard InChI is InChI=1S/C28H38N4O3/c1-21(2)26(33)29-25(23-7-5-4-6-8-23)13-16-31-17-14-28(15-18-31)20-32(27(34)30-28)19-22-9-11-24(35-3)12-10-22/h4-12,21,25H,13-20H2,1-3H3,(H,29,33)(H,30,34)/t25-/m0/s1. The first-order valence-corrected chi connectivity index (χ1v) is 12.7. The number of urea groups is 1. The number of nitrogens with one attached hydrogen (secondary N) is 2. The molecule has 0 bridgehead atoms. The lowest BCUT2D eigenvalue weighted by Crippen LogP contribution is -2.52. The van der Waals surface area contributed by atoms with Crippen LogP contribution in [-0.2, 0) is 11.3 Å². The van der Waals surface area contributed by atoms with Crippen LogP contribution in [0.3, 0.4) is 0 Å². The van der Waals surface area contributed by atoms with Crippen molar-refractivity contribution in [2.24, 2.45) is 5.92 Å². The average molecular weight is 479 g/mol. The molecule has 0 radical (unpaired) electrons. The van der Waals surface area contributed by atoms with Crippen LogP contribution in [0.15, 0.2) is 54.6 Å². The Bertz CT molecular complexity index is 985. The van der Waals surface area contributed by atoms with Crippen LogP contribution in [0.1, 0.15) is 50.3 Å². The fourth-order valence-corrected chi connectivity index (χ4v) is 5.01. The Hall–Kier alpha value is -3.06. The van der Waals surface area contributed by atoms with Crippen LogP contribution in [0.2, 0.25) is 0 Å². The first-order chi connectivity index (χ1) is 16.9. The van der Waals surface area contributed by atoms with Crippen molar-refractivity contribution in [2.75, 3.05) is 33.3 Å². The van der Waals surface area contributed by atoms with Gasteiger partial charge in [0.1, 0.15) is 5.75 Å². The number of rotatable bonds is 9. The number of nitrogens with zero attached hydrogens (tertiary/aromatic N) is 2. The van der Waals surface area contributed by atoms with E-state index in [4.69, 9.17) is 4.74 Å². The molecule has 2 N–H and O–H groups in total. The van der Waals surface area contributed by atoms with Crippen LogP contribution in [0, 0.1) is 5.92 Å². The first-order valence-electron chi connectivity index (χ1n) is 12.7. The Labute approximate surface area is 208 Å². The van der Waals surface area contributed by atoms with E-state index < -0.39 is 0 Å². The molecule has 7 nitrogen and oxygen atoms in total. The summed E-state index contributed by atoms with van der Waals surface area (Å²) < 4.78 is 5.23. The molecule has 2 aliphatic rings. The van der Waals surface area contributed by atoms with Gasteiger partial charge in [-0.25, -0.2) is 4.79 Å². The average Bonchev–Trinajstić information content (AvgIpc) is 3.17. The monoisotopic (exact) mass is 478 g/mol. The Morgan fingerprint density at radius 3 is 2.40 bits per heavy atom. The van der Waals surface area contributed by atoms with Gasteiger partial charge in [0.05, 0.1) is 18.7 Å². The summed E-state index contributed by atoms with van der Waals surface area (Å²) in [6.07, 6.45) is 2.74. The summed E-state index contributed by atoms with van der Waals surface area (Å²) in [4.78, 5) is 29.5. The van der Waals surface area contributed by atoms with Crippen LogP contribution in [0.4, 0.5) is 4.79 Å². The maximum absolute atomic E-state index is 12.7. The van der Waals surface area contributed by atoms with Gasteiger partial charge in [-0.15, -0.1) is 0 Å².